The fourth-order valence-electron chi connectivity index (χ4n) is 3.39. The molecule has 7 heteroatoms. The van der Waals surface area contributed by atoms with Gasteiger partial charge in [0.15, 0.2) is 17.0 Å². The topological polar surface area (TPSA) is 59.6 Å². The predicted molar refractivity (Wildman–Crippen MR) is 131 cm³/mol. The van der Waals surface area contributed by atoms with Gasteiger partial charge in [0.2, 0.25) is 0 Å². The van der Waals surface area contributed by atoms with Gasteiger partial charge in [-0.3, -0.25) is 4.79 Å². The van der Waals surface area contributed by atoms with Crippen molar-refractivity contribution < 1.29 is 18.7 Å². The SMILES string of the molecule is CCc1ccc(N[C@H]2NC(=O)/C(=C/c3ccc(OCc4cccc(F)c4)c(OC)c3)S2)cc1. The summed E-state index contributed by atoms with van der Waals surface area (Å²) in [5.41, 5.74) is 3.52. The van der Waals surface area contributed by atoms with Crippen molar-refractivity contribution in [3.63, 3.8) is 0 Å². The molecule has 33 heavy (non-hydrogen) atoms. The van der Waals surface area contributed by atoms with Crippen LogP contribution in [0.5, 0.6) is 11.5 Å². The fraction of sp³-hybridized carbons (Fsp3) is 0.192. The van der Waals surface area contributed by atoms with Gasteiger partial charge in [0, 0.05) is 5.69 Å². The molecule has 0 aliphatic carbocycles. The Balaban J connectivity index is 1.42. The number of carbonyl (C=O) groups excluding carboxylic acids is 1. The second-order valence-corrected chi connectivity index (χ2v) is 8.65. The van der Waals surface area contributed by atoms with Crippen molar-refractivity contribution in [3.8, 4) is 11.5 Å². The van der Waals surface area contributed by atoms with Crippen molar-refractivity contribution in [2.24, 2.45) is 0 Å². The Morgan fingerprint density at radius 3 is 2.61 bits per heavy atom. The molecule has 1 aliphatic rings. The van der Waals surface area contributed by atoms with E-state index in [2.05, 4.69) is 29.7 Å². The van der Waals surface area contributed by atoms with Crippen LogP contribution >= 0.6 is 11.8 Å². The molecular formula is C26H25FN2O3S. The zero-order valence-electron chi connectivity index (χ0n) is 18.4. The van der Waals surface area contributed by atoms with Gasteiger partial charge in [0.05, 0.1) is 12.0 Å². The van der Waals surface area contributed by atoms with Gasteiger partial charge in [-0.2, -0.15) is 0 Å². The van der Waals surface area contributed by atoms with Crippen molar-refractivity contribution >= 4 is 29.4 Å². The maximum atomic E-state index is 13.4. The van der Waals surface area contributed by atoms with E-state index in [1.165, 1.54) is 29.5 Å². The number of hydrogen-bond acceptors (Lipinski definition) is 5. The number of rotatable bonds is 8. The van der Waals surface area contributed by atoms with Crippen LogP contribution in [0.15, 0.2) is 71.6 Å². The average Bonchev–Trinajstić information content (AvgIpc) is 3.16. The third-order valence-corrected chi connectivity index (χ3v) is 6.19. The molecule has 3 aromatic rings. The molecule has 2 N–H and O–H groups in total. The Hall–Kier alpha value is -3.45. The minimum Gasteiger partial charge on any atom is -0.493 e. The molecule has 1 atom stereocenters. The molecule has 4 rings (SSSR count). The Labute approximate surface area is 197 Å². The summed E-state index contributed by atoms with van der Waals surface area (Å²) >= 11 is 1.43. The standard InChI is InChI=1S/C26H25FN2O3S/c1-3-17-7-10-21(11-8-17)28-26-29-25(30)24(33-26)15-18-9-12-22(23(14-18)31-2)32-16-19-5-4-6-20(27)13-19/h4-15,26,28H,3,16H2,1-2H3,(H,29,30)/b24-15-/t26-/m0/s1. The average molecular weight is 465 g/mol. The van der Waals surface area contributed by atoms with E-state index in [1.54, 1.807) is 25.3 Å². The molecule has 1 amide bonds. The number of halogens is 1. The van der Waals surface area contributed by atoms with Gasteiger partial charge in [-0.25, -0.2) is 4.39 Å². The maximum Gasteiger partial charge on any atom is 0.260 e. The Morgan fingerprint density at radius 1 is 1.06 bits per heavy atom. The van der Waals surface area contributed by atoms with Crippen molar-refractivity contribution in [3.05, 3.63) is 94.1 Å². The van der Waals surface area contributed by atoms with E-state index in [0.29, 0.717) is 16.4 Å². The van der Waals surface area contributed by atoms with Gasteiger partial charge in [0.1, 0.15) is 12.4 Å². The largest absolute Gasteiger partial charge is 0.493 e. The van der Waals surface area contributed by atoms with Crippen LogP contribution in [0.2, 0.25) is 0 Å². The lowest BCUT2D eigenvalue weighted by molar-refractivity contribution is -0.116. The van der Waals surface area contributed by atoms with E-state index >= 15 is 0 Å². The van der Waals surface area contributed by atoms with Crippen molar-refractivity contribution in [1.29, 1.82) is 0 Å². The summed E-state index contributed by atoms with van der Waals surface area (Å²) in [6, 6.07) is 19.9. The van der Waals surface area contributed by atoms with E-state index in [4.69, 9.17) is 9.47 Å². The molecule has 170 valence electrons. The maximum absolute atomic E-state index is 13.4. The molecule has 0 radical (unpaired) electrons. The number of methoxy groups -OCH3 is 1. The van der Waals surface area contributed by atoms with Crippen LogP contribution in [-0.2, 0) is 17.8 Å². The highest BCUT2D eigenvalue weighted by molar-refractivity contribution is 8.05. The molecule has 0 unspecified atom stereocenters. The molecule has 1 saturated heterocycles. The van der Waals surface area contributed by atoms with Crippen molar-refractivity contribution in [1.82, 2.24) is 5.32 Å². The van der Waals surface area contributed by atoms with E-state index in [9.17, 15) is 9.18 Å². The Kier molecular flexibility index (Phi) is 7.19. The summed E-state index contributed by atoms with van der Waals surface area (Å²) in [7, 11) is 1.56. The second-order valence-electron chi connectivity index (χ2n) is 7.50. The number of ether oxygens (including phenoxy) is 2. The molecular weight excluding hydrogens is 439 g/mol. The quantitative estimate of drug-likeness (QED) is 0.427. The Morgan fingerprint density at radius 2 is 1.88 bits per heavy atom. The summed E-state index contributed by atoms with van der Waals surface area (Å²) in [6.07, 6.45) is 2.81. The first-order valence-corrected chi connectivity index (χ1v) is 11.5. The Bertz CT molecular complexity index is 1160. The zero-order valence-corrected chi connectivity index (χ0v) is 19.2. The molecule has 0 spiro atoms. The third-order valence-electron chi connectivity index (χ3n) is 5.16. The van der Waals surface area contributed by atoms with Crippen LogP contribution in [0, 0.1) is 5.82 Å². The van der Waals surface area contributed by atoms with Crippen LogP contribution in [-0.4, -0.2) is 18.5 Å². The van der Waals surface area contributed by atoms with Crippen LogP contribution < -0.4 is 20.1 Å². The lowest BCUT2D eigenvalue weighted by Crippen LogP contribution is -2.30. The van der Waals surface area contributed by atoms with Crippen molar-refractivity contribution in [2.75, 3.05) is 12.4 Å². The number of nitrogens with one attached hydrogen (secondary N) is 2. The number of benzene rings is 3. The molecule has 1 fully saturated rings. The van der Waals surface area contributed by atoms with E-state index in [1.807, 2.05) is 30.3 Å². The van der Waals surface area contributed by atoms with E-state index in [-0.39, 0.29) is 23.8 Å². The molecule has 0 saturated carbocycles. The lowest BCUT2D eigenvalue weighted by atomic mass is 10.1. The smallest absolute Gasteiger partial charge is 0.260 e. The van der Waals surface area contributed by atoms with Crippen LogP contribution in [0.3, 0.4) is 0 Å². The van der Waals surface area contributed by atoms with Crippen LogP contribution in [0.1, 0.15) is 23.6 Å². The number of carbonyl (C=O) groups is 1. The van der Waals surface area contributed by atoms with Crippen LogP contribution in [0.25, 0.3) is 6.08 Å². The van der Waals surface area contributed by atoms with Gasteiger partial charge in [-0.15, -0.1) is 0 Å². The summed E-state index contributed by atoms with van der Waals surface area (Å²) in [6.45, 7) is 2.34. The van der Waals surface area contributed by atoms with Gasteiger partial charge < -0.3 is 20.1 Å². The number of aryl methyl sites for hydroxylation is 1. The van der Waals surface area contributed by atoms with Crippen molar-refractivity contribution in [2.45, 2.75) is 25.4 Å². The second kappa shape index (κ2) is 10.4. The number of hydrogen-bond donors (Lipinski definition) is 2. The summed E-state index contributed by atoms with van der Waals surface area (Å²) < 4.78 is 24.6. The third kappa shape index (κ3) is 5.87. The number of thioether (sulfide) groups is 1. The zero-order chi connectivity index (χ0) is 23.2. The molecule has 1 aliphatic heterocycles. The minimum absolute atomic E-state index is 0.131. The van der Waals surface area contributed by atoms with E-state index in [0.717, 1.165) is 23.2 Å². The summed E-state index contributed by atoms with van der Waals surface area (Å²) in [5.74, 6) is 0.647. The highest BCUT2D eigenvalue weighted by Gasteiger charge is 2.27. The van der Waals surface area contributed by atoms with Gasteiger partial charge in [0.25, 0.3) is 5.91 Å². The highest BCUT2D eigenvalue weighted by atomic mass is 32.2. The lowest BCUT2D eigenvalue weighted by Gasteiger charge is -2.13. The summed E-state index contributed by atoms with van der Waals surface area (Å²) in [4.78, 5) is 13.1. The molecule has 0 aromatic heterocycles. The molecule has 1 heterocycles. The highest BCUT2D eigenvalue weighted by Crippen LogP contribution is 2.33. The minimum atomic E-state index is -0.303. The number of anilines is 1. The molecule has 5 nitrogen and oxygen atoms in total. The predicted octanol–water partition coefficient (Wildman–Crippen LogP) is 5.58. The number of amides is 1. The first-order valence-electron chi connectivity index (χ1n) is 10.6. The van der Waals surface area contributed by atoms with Crippen LogP contribution in [0.4, 0.5) is 10.1 Å². The molecule has 0 bridgehead atoms. The van der Waals surface area contributed by atoms with Gasteiger partial charge >= 0.3 is 0 Å². The normalized spacial score (nSPS) is 16.5. The van der Waals surface area contributed by atoms with Gasteiger partial charge in [-0.1, -0.05) is 49.0 Å². The monoisotopic (exact) mass is 464 g/mol. The van der Waals surface area contributed by atoms with Gasteiger partial charge in [-0.05, 0) is 65.6 Å². The first-order chi connectivity index (χ1) is 16.0. The summed E-state index contributed by atoms with van der Waals surface area (Å²) in [5, 5.41) is 6.27. The molecule has 3 aromatic carbocycles. The van der Waals surface area contributed by atoms with E-state index < -0.39 is 0 Å². The fourth-order valence-corrected chi connectivity index (χ4v) is 4.37. The first kappa shape index (κ1) is 22.7.